The fourth-order valence-corrected chi connectivity index (χ4v) is 3.91. The van der Waals surface area contributed by atoms with Gasteiger partial charge in [-0.3, -0.25) is 4.79 Å². The smallest absolute Gasteiger partial charge is 0.283 e. The minimum absolute atomic E-state index is 0.0897. The van der Waals surface area contributed by atoms with E-state index in [-0.39, 0.29) is 10.8 Å². The van der Waals surface area contributed by atoms with Crippen LogP contribution in [-0.2, 0) is 14.8 Å². The molecule has 1 atom stereocenters. The highest BCUT2D eigenvalue weighted by molar-refractivity contribution is 7.90. The van der Waals surface area contributed by atoms with Crippen LogP contribution < -0.4 is 10.1 Å². The Balaban J connectivity index is 1.64. The molecule has 1 amide bonds. The summed E-state index contributed by atoms with van der Waals surface area (Å²) in [6, 6.07) is 15.0. The zero-order chi connectivity index (χ0) is 20.1. The molecule has 2 aromatic rings. The highest BCUT2D eigenvalue weighted by Gasteiger charge is 2.20. The van der Waals surface area contributed by atoms with Crippen molar-refractivity contribution in [1.29, 1.82) is 0 Å². The molecule has 1 fully saturated rings. The Labute approximate surface area is 165 Å². The predicted octanol–water partition coefficient (Wildman–Crippen LogP) is 2.91. The molecule has 0 spiro atoms. The molecule has 28 heavy (non-hydrogen) atoms. The monoisotopic (exact) mass is 401 g/mol. The lowest BCUT2D eigenvalue weighted by molar-refractivity contribution is -0.122. The van der Waals surface area contributed by atoms with Crippen molar-refractivity contribution in [2.45, 2.75) is 30.8 Å². The highest BCUT2D eigenvalue weighted by atomic mass is 32.2. The fourth-order valence-electron chi connectivity index (χ4n) is 2.81. The number of amides is 1. The minimum Gasteiger partial charge on any atom is -0.481 e. The van der Waals surface area contributed by atoms with Gasteiger partial charge in [0.15, 0.2) is 6.10 Å². The Hall–Kier alpha value is -2.87. The third kappa shape index (κ3) is 4.89. The van der Waals surface area contributed by atoms with E-state index >= 15 is 0 Å². The van der Waals surface area contributed by atoms with Gasteiger partial charge in [0, 0.05) is 25.7 Å². The summed E-state index contributed by atoms with van der Waals surface area (Å²) in [4.78, 5) is 14.2. The number of likely N-dealkylation sites (tertiary alicyclic amines) is 1. The second kappa shape index (κ2) is 8.43. The number of rotatable bonds is 6. The number of nitrogens with zero attached hydrogens (tertiary/aromatic N) is 2. The van der Waals surface area contributed by atoms with E-state index in [0.717, 1.165) is 13.0 Å². The van der Waals surface area contributed by atoms with Gasteiger partial charge >= 0.3 is 0 Å². The molecule has 0 radical (unpaired) electrons. The maximum absolute atomic E-state index is 12.5. The number of carbonyl (C=O) groups is 1. The Kier molecular flexibility index (Phi) is 5.99. The van der Waals surface area contributed by atoms with Crippen LogP contribution >= 0.6 is 0 Å². The summed E-state index contributed by atoms with van der Waals surface area (Å²) >= 11 is 0. The summed E-state index contributed by atoms with van der Waals surface area (Å²) in [7, 11) is -1.94. The number of para-hydroxylation sites is 1. The average Bonchev–Trinajstić information content (AvgIpc) is 3.07. The van der Waals surface area contributed by atoms with Crippen LogP contribution in [0.15, 0.2) is 63.9 Å². The number of benzene rings is 2. The van der Waals surface area contributed by atoms with Gasteiger partial charge in [0.25, 0.3) is 15.9 Å². The Bertz CT molecular complexity index is 957. The first-order chi connectivity index (χ1) is 13.3. The summed E-state index contributed by atoms with van der Waals surface area (Å²) in [5, 5.41) is 2.72. The molecule has 0 bridgehead atoms. The van der Waals surface area contributed by atoms with Gasteiger partial charge in [-0.1, -0.05) is 18.2 Å². The van der Waals surface area contributed by atoms with Gasteiger partial charge in [0.1, 0.15) is 11.6 Å². The molecule has 0 saturated carbocycles. The molecule has 0 aliphatic carbocycles. The molecule has 3 rings (SSSR count). The quantitative estimate of drug-likeness (QED) is 0.804. The van der Waals surface area contributed by atoms with Crippen molar-refractivity contribution in [2.75, 3.05) is 18.9 Å². The van der Waals surface area contributed by atoms with Crippen molar-refractivity contribution in [3.05, 3.63) is 54.6 Å². The predicted molar refractivity (Wildman–Crippen MR) is 108 cm³/mol. The van der Waals surface area contributed by atoms with E-state index in [2.05, 4.69) is 9.71 Å². The average molecular weight is 401 g/mol. The van der Waals surface area contributed by atoms with Crippen molar-refractivity contribution < 1.29 is 17.9 Å². The van der Waals surface area contributed by atoms with E-state index in [9.17, 15) is 13.2 Å². The number of hydrogen-bond acceptors (Lipinski definition) is 4. The summed E-state index contributed by atoms with van der Waals surface area (Å²) in [6.45, 7) is 2.46. The first kappa shape index (κ1) is 19.9. The summed E-state index contributed by atoms with van der Waals surface area (Å²) in [5.41, 5.74) is 0.484. The molecule has 1 aliphatic rings. The number of amidine groups is 1. The molecule has 0 aromatic heterocycles. The van der Waals surface area contributed by atoms with Gasteiger partial charge < -0.3 is 15.0 Å². The highest BCUT2D eigenvalue weighted by Crippen LogP contribution is 2.19. The molecule has 148 valence electrons. The van der Waals surface area contributed by atoms with Gasteiger partial charge in [0.2, 0.25) is 0 Å². The van der Waals surface area contributed by atoms with E-state index in [1.165, 1.54) is 12.1 Å². The molecule has 1 unspecified atom stereocenters. The molecular weight excluding hydrogens is 378 g/mol. The van der Waals surface area contributed by atoms with E-state index in [1.807, 2.05) is 30.1 Å². The van der Waals surface area contributed by atoms with Crippen molar-refractivity contribution in [3.8, 4) is 5.75 Å². The summed E-state index contributed by atoms with van der Waals surface area (Å²) in [5.74, 6) is 0.846. The fraction of sp³-hybridized carbons (Fsp3) is 0.300. The second-order valence-electron chi connectivity index (χ2n) is 6.59. The zero-order valence-electron chi connectivity index (χ0n) is 15.8. The number of hydrogen-bond donors (Lipinski definition) is 1. The van der Waals surface area contributed by atoms with Crippen molar-refractivity contribution in [2.24, 2.45) is 4.40 Å². The van der Waals surface area contributed by atoms with Crippen LogP contribution in [0.2, 0.25) is 0 Å². The number of carbonyl (C=O) groups excluding carboxylic acids is 1. The van der Waals surface area contributed by atoms with Crippen LogP contribution in [0.4, 0.5) is 5.69 Å². The number of sulfonamides is 1. The van der Waals surface area contributed by atoms with Crippen LogP contribution in [0.25, 0.3) is 0 Å². The maximum Gasteiger partial charge on any atom is 0.283 e. The number of anilines is 1. The van der Waals surface area contributed by atoms with Gasteiger partial charge in [-0.2, -0.15) is 8.42 Å². The first-order valence-corrected chi connectivity index (χ1v) is 10.5. The molecule has 1 saturated heterocycles. The SMILES string of the molecule is CC(Oc1ccccc1)C(=O)Nc1ccc(S(=O)(=O)/N=C2\CCCN2C)cc1. The Morgan fingerprint density at radius 1 is 1.14 bits per heavy atom. The van der Waals surface area contributed by atoms with Crippen molar-refractivity contribution >= 4 is 27.5 Å². The van der Waals surface area contributed by atoms with Gasteiger partial charge in [-0.05, 0) is 49.7 Å². The molecule has 7 nitrogen and oxygen atoms in total. The first-order valence-electron chi connectivity index (χ1n) is 9.03. The maximum atomic E-state index is 12.5. The minimum atomic E-state index is -3.77. The van der Waals surface area contributed by atoms with Crippen LogP contribution in [-0.4, -0.2) is 44.8 Å². The van der Waals surface area contributed by atoms with Crippen LogP contribution in [0.5, 0.6) is 5.75 Å². The lowest BCUT2D eigenvalue weighted by atomic mass is 10.3. The molecule has 1 heterocycles. The topological polar surface area (TPSA) is 88.1 Å². The van der Waals surface area contributed by atoms with Crippen LogP contribution in [0, 0.1) is 0 Å². The molecule has 8 heteroatoms. The van der Waals surface area contributed by atoms with E-state index in [4.69, 9.17) is 4.74 Å². The second-order valence-corrected chi connectivity index (χ2v) is 8.20. The molecule has 1 N–H and O–H groups in total. The lowest BCUT2D eigenvalue weighted by Crippen LogP contribution is -2.30. The van der Waals surface area contributed by atoms with Gasteiger partial charge in [0.05, 0.1) is 4.90 Å². The van der Waals surface area contributed by atoms with E-state index in [0.29, 0.717) is 23.7 Å². The Morgan fingerprint density at radius 2 is 1.82 bits per heavy atom. The zero-order valence-corrected chi connectivity index (χ0v) is 16.6. The standard InChI is InChI=1S/C20H23N3O4S/c1-15(27-17-7-4-3-5-8-17)20(24)21-16-10-12-18(13-11-16)28(25,26)22-19-9-6-14-23(19)2/h3-5,7-8,10-13,15H,6,9,14H2,1-2H3,(H,21,24)/b22-19+. The normalized spacial score (nSPS) is 16.8. The summed E-state index contributed by atoms with van der Waals surface area (Å²) in [6.07, 6.45) is 0.859. The van der Waals surface area contributed by atoms with Crippen LogP contribution in [0.1, 0.15) is 19.8 Å². The van der Waals surface area contributed by atoms with E-state index < -0.39 is 16.1 Å². The lowest BCUT2D eigenvalue weighted by Gasteiger charge is -2.15. The molecule has 1 aliphatic heterocycles. The Morgan fingerprint density at radius 3 is 2.43 bits per heavy atom. The van der Waals surface area contributed by atoms with E-state index in [1.54, 1.807) is 31.2 Å². The largest absolute Gasteiger partial charge is 0.481 e. The molecule has 2 aromatic carbocycles. The number of nitrogens with one attached hydrogen (secondary N) is 1. The van der Waals surface area contributed by atoms with Crippen LogP contribution in [0.3, 0.4) is 0 Å². The van der Waals surface area contributed by atoms with Gasteiger partial charge in [-0.15, -0.1) is 4.40 Å². The van der Waals surface area contributed by atoms with Gasteiger partial charge in [-0.25, -0.2) is 0 Å². The molecular formula is C20H23N3O4S. The summed E-state index contributed by atoms with van der Waals surface area (Å²) < 4.78 is 34.4. The van der Waals surface area contributed by atoms with Crippen molar-refractivity contribution in [3.63, 3.8) is 0 Å². The number of ether oxygens (including phenoxy) is 1. The van der Waals surface area contributed by atoms with Crippen molar-refractivity contribution in [1.82, 2.24) is 4.90 Å². The third-order valence-electron chi connectivity index (χ3n) is 4.41. The third-order valence-corrected chi connectivity index (χ3v) is 5.72.